The SMILES string of the molecule is CCCCNc1ccc(C(=O)Nc2ccc(Oc3ccccc3)cc2)cn1. The summed E-state index contributed by atoms with van der Waals surface area (Å²) >= 11 is 0. The number of para-hydroxylation sites is 1. The highest BCUT2D eigenvalue weighted by atomic mass is 16.5. The van der Waals surface area contributed by atoms with Crippen molar-refractivity contribution in [1.82, 2.24) is 4.98 Å². The third-order valence-corrected chi connectivity index (χ3v) is 3.95. The van der Waals surface area contributed by atoms with Gasteiger partial charge in [0.05, 0.1) is 5.56 Å². The Hall–Kier alpha value is -3.34. The zero-order valence-corrected chi connectivity index (χ0v) is 15.3. The highest BCUT2D eigenvalue weighted by Crippen LogP contribution is 2.22. The van der Waals surface area contributed by atoms with Gasteiger partial charge in [-0.15, -0.1) is 0 Å². The van der Waals surface area contributed by atoms with E-state index in [2.05, 4.69) is 22.5 Å². The Morgan fingerprint density at radius 2 is 1.70 bits per heavy atom. The molecule has 3 rings (SSSR count). The first-order valence-electron chi connectivity index (χ1n) is 9.09. The molecule has 0 unspecified atom stereocenters. The topological polar surface area (TPSA) is 63.2 Å². The number of ether oxygens (including phenoxy) is 1. The van der Waals surface area contributed by atoms with Crippen LogP contribution in [0.1, 0.15) is 30.1 Å². The van der Waals surface area contributed by atoms with Crippen LogP contribution in [0.25, 0.3) is 0 Å². The van der Waals surface area contributed by atoms with Crippen molar-refractivity contribution in [3.8, 4) is 11.5 Å². The van der Waals surface area contributed by atoms with Crippen molar-refractivity contribution in [3.63, 3.8) is 0 Å². The molecule has 0 bridgehead atoms. The van der Waals surface area contributed by atoms with Gasteiger partial charge in [-0.05, 0) is 55.0 Å². The Bertz CT molecular complexity index is 847. The van der Waals surface area contributed by atoms with Crippen molar-refractivity contribution in [2.45, 2.75) is 19.8 Å². The standard InChI is InChI=1S/C22H23N3O2/c1-2-3-15-23-21-14-9-17(16-24-21)22(26)25-18-10-12-20(13-11-18)27-19-7-5-4-6-8-19/h4-14,16H,2-3,15H2,1H3,(H,23,24)(H,25,26). The largest absolute Gasteiger partial charge is 0.457 e. The fraction of sp³-hybridized carbons (Fsp3) is 0.182. The minimum Gasteiger partial charge on any atom is -0.457 e. The average Bonchev–Trinajstić information content (AvgIpc) is 2.71. The fourth-order valence-corrected chi connectivity index (χ4v) is 2.46. The summed E-state index contributed by atoms with van der Waals surface area (Å²) < 4.78 is 5.75. The summed E-state index contributed by atoms with van der Waals surface area (Å²) in [7, 11) is 0. The second kappa shape index (κ2) is 9.38. The molecule has 0 atom stereocenters. The number of anilines is 2. The first kappa shape index (κ1) is 18.5. The number of benzene rings is 2. The van der Waals surface area contributed by atoms with Crippen LogP contribution in [0.15, 0.2) is 72.9 Å². The first-order chi connectivity index (χ1) is 13.2. The normalized spacial score (nSPS) is 10.3. The van der Waals surface area contributed by atoms with Gasteiger partial charge >= 0.3 is 0 Å². The summed E-state index contributed by atoms with van der Waals surface area (Å²) in [6.45, 7) is 3.02. The maximum Gasteiger partial charge on any atom is 0.257 e. The van der Waals surface area contributed by atoms with Crippen molar-refractivity contribution < 1.29 is 9.53 Å². The van der Waals surface area contributed by atoms with Crippen LogP contribution in [-0.4, -0.2) is 17.4 Å². The summed E-state index contributed by atoms with van der Waals surface area (Å²) in [5, 5.41) is 6.10. The smallest absolute Gasteiger partial charge is 0.257 e. The number of nitrogens with one attached hydrogen (secondary N) is 2. The van der Waals surface area contributed by atoms with Gasteiger partial charge in [-0.2, -0.15) is 0 Å². The van der Waals surface area contributed by atoms with E-state index < -0.39 is 0 Å². The third kappa shape index (κ3) is 5.57. The third-order valence-electron chi connectivity index (χ3n) is 3.95. The average molecular weight is 361 g/mol. The lowest BCUT2D eigenvalue weighted by Gasteiger charge is -2.09. The summed E-state index contributed by atoms with van der Waals surface area (Å²) in [6, 6.07) is 20.4. The lowest BCUT2D eigenvalue weighted by Crippen LogP contribution is -2.12. The molecule has 3 aromatic rings. The van der Waals surface area contributed by atoms with E-state index in [4.69, 9.17) is 4.74 Å². The summed E-state index contributed by atoms with van der Waals surface area (Å²) in [5.41, 5.74) is 1.21. The van der Waals surface area contributed by atoms with Crippen LogP contribution in [0, 0.1) is 0 Å². The maximum atomic E-state index is 12.4. The number of hydrogen-bond acceptors (Lipinski definition) is 4. The van der Waals surface area contributed by atoms with Crippen molar-refractivity contribution in [2.24, 2.45) is 0 Å². The van der Waals surface area contributed by atoms with Crippen molar-refractivity contribution >= 4 is 17.4 Å². The van der Waals surface area contributed by atoms with Crippen LogP contribution < -0.4 is 15.4 Å². The van der Waals surface area contributed by atoms with Crippen LogP contribution in [0.3, 0.4) is 0 Å². The Labute approximate surface area is 159 Å². The molecule has 1 aromatic heterocycles. The van der Waals surface area contributed by atoms with E-state index in [1.54, 1.807) is 12.3 Å². The summed E-state index contributed by atoms with van der Waals surface area (Å²) in [4.78, 5) is 16.6. The van der Waals surface area contributed by atoms with E-state index in [1.165, 1.54) is 0 Å². The predicted molar refractivity (Wildman–Crippen MR) is 109 cm³/mol. The highest BCUT2D eigenvalue weighted by molar-refractivity contribution is 6.04. The summed E-state index contributed by atoms with van der Waals surface area (Å²) in [6.07, 6.45) is 3.80. The molecule has 0 aliphatic carbocycles. The molecule has 2 N–H and O–H groups in total. The number of carbonyl (C=O) groups excluding carboxylic acids is 1. The van der Waals surface area contributed by atoms with Crippen LogP contribution >= 0.6 is 0 Å². The molecule has 0 spiro atoms. The molecular weight excluding hydrogens is 338 g/mol. The van der Waals surface area contributed by atoms with Crippen molar-refractivity contribution in [1.29, 1.82) is 0 Å². The Balaban J connectivity index is 1.55. The Kier molecular flexibility index (Phi) is 6.41. The quantitative estimate of drug-likeness (QED) is 0.532. The highest BCUT2D eigenvalue weighted by Gasteiger charge is 2.07. The predicted octanol–water partition coefficient (Wildman–Crippen LogP) is 5.34. The molecule has 1 amide bonds. The zero-order valence-electron chi connectivity index (χ0n) is 15.3. The van der Waals surface area contributed by atoms with Gasteiger partial charge in [-0.25, -0.2) is 4.98 Å². The Morgan fingerprint density at radius 3 is 2.37 bits per heavy atom. The number of rotatable bonds is 8. The summed E-state index contributed by atoms with van der Waals surface area (Å²) in [5.74, 6) is 2.07. The van der Waals surface area contributed by atoms with E-state index in [1.807, 2.05) is 60.7 Å². The first-order valence-corrected chi connectivity index (χ1v) is 9.09. The number of aromatic nitrogens is 1. The van der Waals surface area contributed by atoms with E-state index in [9.17, 15) is 4.79 Å². The molecule has 1 heterocycles. The van der Waals surface area contributed by atoms with Gasteiger partial charge in [0.2, 0.25) is 0 Å². The molecule has 138 valence electrons. The monoisotopic (exact) mass is 361 g/mol. The maximum absolute atomic E-state index is 12.4. The number of pyridine rings is 1. The van der Waals surface area contributed by atoms with Gasteiger partial charge in [0.1, 0.15) is 17.3 Å². The molecule has 27 heavy (non-hydrogen) atoms. The minimum absolute atomic E-state index is 0.195. The Morgan fingerprint density at radius 1 is 0.963 bits per heavy atom. The molecular formula is C22H23N3O2. The van der Waals surface area contributed by atoms with Crippen LogP contribution in [0.5, 0.6) is 11.5 Å². The number of hydrogen-bond donors (Lipinski definition) is 2. The van der Waals surface area contributed by atoms with Crippen molar-refractivity contribution in [2.75, 3.05) is 17.2 Å². The van der Waals surface area contributed by atoms with Crippen LogP contribution in [0.4, 0.5) is 11.5 Å². The number of amides is 1. The number of nitrogens with zero attached hydrogens (tertiary/aromatic N) is 1. The van der Waals surface area contributed by atoms with Gasteiger partial charge in [0, 0.05) is 18.4 Å². The molecule has 0 radical (unpaired) electrons. The lowest BCUT2D eigenvalue weighted by atomic mass is 10.2. The van der Waals surface area contributed by atoms with E-state index >= 15 is 0 Å². The second-order valence-corrected chi connectivity index (χ2v) is 6.11. The van der Waals surface area contributed by atoms with Crippen molar-refractivity contribution in [3.05, 3.63) is 78.5 Å². The van der Waals surface area contributed by atoms with E-state index in [-0.39, 0.29) is 5.91 Å². The molecule has 0 saturated heterocycles. The minimum atomic E-state index is -0.195. The van der Waals surface area contributed by atoms with Gasteiger partial charge in [0.15, 0.2) is 0 Å². The second-order valence-electron chi connectivity index (χ2n) is 6.11. The fourth-order valence-electron chi connectivity index (χ4n) is 2.46. The zero-order chi connectivity index (χ0) is 18.9. The molecule has 0 fully saturated rings. The van der Waals surface area contributed by atoms with Gasteiger partial charge in [-0.1, -0.05) is 31.5 Å². The van der Waals surface area contributed by atoms with Gasteiger partial charge in [0.25, 0.3) is 5.91 Å². The molecule has 2 aromatic carbocycles. The number of unbranched alkanes of at least 4 members (excludes halogenated alkanes) is 1. The molecule has 5 nitrogen and oxygen atoms in total. The van der Waals surface area contributed by atoms with Crippen LogP contribution in [-0.2, 0) is 0 Å². The van der Waals surface area contributed by atoms with Gasteiger partial charge < -0.3 is 15.4 Å². The van der Waals surface area contributed by atoms with E-state index in [0.717, 1.165) is 31.0 Å². The molecule has 0 saturated carbocycles. The lowest BCUT2D eigenvalue weighted by molar-refractivity contribution is 0.102. The molecule has 5 heteroatoms. The van der Waals surface area contributed by atoms with E-state index in [0.29, 0.717) is 17.0 Å². The molecule has 0 aliphatic rings. The number of carbonyl (C=O) groups is 1. The molecule has 0 aliphatic heterocycles. The van der Waals surface area contributed by atoms with Crippen LogP contribution in [0.2, 0.25) is 0 Å². The van der Waals surface area contributed by atoms with Gasteiger partial charge in [-0.3, -0.25) is 4.79 Å².